The van der Waals surface area contributed by atoms with Crippen molar-refractivity contribution in [2.45, 2.75) is 33.0 Å². The van der Waals surface area contributed by atoms with E-state index in [0.717, 1.165) is 58.4 Å². The lowest BCUT2D eigenvalue weighted by Gasteiger charge is -2.36. The lowest BCUT2D eigenvalue weighted by molar-refractivity contribution is -0.00834. The second kappa shape index (κ2) is 12.7. The maximum atomic E-state index is 6.12. The third-order valence-electron chi connectivity index (χ3n) is 6.30. The molecule has 0 aromatic heterocycles. The minimum Gasteiger partial charge on any atom is -0.379 e. The predicted octanol–water partition coefficient (Wildman–Crippen LogP) is 3.90. The van der Waals surface area contributed by atoms with Crippen LogP contribution in [0.2, 0.25) is 0 Å². The summed E-state index contributed by atoms with van der Waals surface area (Å²) < 4.78 is 11.6. The molecular weight excluding hydrogens is 527 g/mol. The van der Waals surface area contributed by atoms with E-state index in [1.807, 2.05) is 7.05 Å². The third-order valence-corrected chi connectivity index (χ3v) is 6.30. The van der Waals surface area contributed by atoms with Gasteiger partial charge in [0.25, 0.3) is 0 Å². The van der Waals surface area contributed by atoms with Gasteiger partial charge in [-0.2, -0.15) is 0 Å². The highest BCUT2D eigenvalue weighted by Crippen LogP contribution is 2.26. The molecule has 0 amide bonds. The Balaban J connectivity index is 0.00000306. The summed E-state index contributed by atoms with van der Waals surface area (Å²) >= 11 is 0. The van der Waals surface area contributed by atoms with Crippen LogP contribution < -0.4 is 5.32 Å². The zero-order valence-corrected chi connectivity index (χ0v) is 22.4. The average Bonchev–Trinajstić information content (AvgIpc) is 2.81. The molecule has 0 bridgehead atoms. The summed E-state index contributed by atoms with van der Waals surface area (Å²) in [5, 5.41) is 3.57. The standard InChI is InChI=1S/C26H36N4O2.HI/c1-20-7-8-24(21(2)15-20)25-19-30(11-14-32-25)26(27-3)28-17-22-5-4-6-23(16-22)18-29-9-12-31-13-10-29;/h4-8,15-16,25H,9-14,17-19H2,1-3H3,(H,27,28);1H. The topological polar surface area (TPSA) is 49.3 Å². The molecule has 33 heavy (non-hydrogen) atoms. The van der Waals surface area contributed by atoms with E-state index in [0.29, 0.717) is 6.61 Å². The molecule has 4 rings (SSSR count). The molecule has 2 aromatic rings. The lowest BCUT2D eigenvalue weighted by Crippen LogP contribution is -2.48. The zero-order chi connectivity index (χ0) is 22.3. The van der Waals surface area contributed by atoms with Crippen molar-refractivity contribution < 1.29 is 9.47 Å². The van der Waals surface area contributed by atoms with Crippen molar-refractivity contribution in [2.24, 2.45) is 4.99 Å². The molecule has 2 aromatic carbocycles. The van der Waals surface area contributed by atoms with Gasteiger partial charge in [-0.1, -0.05) is 48.0 Å². The van der Waals surface area contributed by atoms with Crippen molar-refractivity contribution in [3.8, 4) is 0 Å². The van der Waals surface area contributed by atoms with Gasteiger partial charge in [-0.3, -0.25) is 9.89 Å². The van der Waals surface area contributed by atoms with Crippen LogP contribution in [0.4, 0.5) is 0 Å². The maximum absolute atomic E-state index is 6.12. The molecule has 2 aliphatic heterocycles. The summed E-state index contributed by atoms with van der Waals surface area (Å²) in [6, 6.07) is 15.4. The highest BCUT2D eigenvalue weighted by atomic mass is 127. The van der Waals surface area contributed by atoms with Crippen molar-refractivity contribution in [1.82, 2.24) is 15.1 Å². The van der Waals surface area contributed by atoms with Crippen LogP contribution in [0, 0.1) is 13.8 Å². The molecule has 2 saturated heterocycles. The molecule has 0 saturated carbocycles. The summed E-state index contributed by atoms with van der Waals surface area (Å²) in [5.41, 5.74) is 6.47. The molecule has 0 aliphatic carbocycles. The number of aryl methyl sites for hydroxylation is 2. The molecule has 0 radical (unpaired) electrons. The fraction of sp³-hybridized carbons (Fsp3) is 0.500. The molecule has 1 unspecified atom stereocenters. The van der Waals surface area contributed by atoms with Gasteiger partial charge in [0.15, 0.2) is 5.96 Å². The maximum Gasteiger partial charge on any atom is 0.194 e. The van der Waals surface area contributed by atoms with E-state index < -0.39 is 0 Å². The molecule has 7 heteroatoms. The predicted molar refractivity (Wildman–Crippen MR) is 144 cm³/mol. The minimum atomic E-state index is 0. The van der Waals surface area contributed by atoms with Gasteiger partial charge in [-0.05, 0) is 36.1 Å². The summed E-state index contributed by atoms with van der Waals surface area (Å²) in [4.78, 5) is 9.33. The van der Waals surface area contributed by atoms with Gasteiger partial charge < -0.3 is 19.7 Å². The first-order valence-electron chi connectivity index (χ1n) is 11.6. The quantitative estimate of drug-likeness (QED) is 0.339. The Labute approximate surface area is 215 Å². The van der Waals surface area contributed by atoms with Crippen LogP contribution in [-0.4, -0.2) is 68.8 Å². The monoisotopic (exact) mass is 564 g/mol. The number of nitrogens with one attached hydrogen (secondary N) is 1. The van der Waals surface area contributed by atoms with Crippen LogP contribution in [0.5, 0.6) is 0 Å². The SMILES string of the molecule is CN=C(NCc1cccc(CN2CCOCC2)c1)N1CCOC(c2ccc(C)cc2C)C1.I. The van der Waals surface area contributed by atoms with Gasteiger partial charge in [-0.15, -0.1) is 24.0 Å². The summed E-state index contributed by atoms with van der Waals surface area (Å²) in [5.74, 6) is 0.932. The lowest BCUT2D eigenvalue weighted by atomic mass is 10.00. The van der Waals surface area contributed by atoms with Crippen LogP contribution in [0.1, 0.15) is 33.9 Å². The molecule has 180 valence electrons. The number of morpholine rings is 2. The second-order valence-electron chi connectivity index (χ2n) is 8.77. The summed E-state index contributed by atoms with van der Waals surface area (Å²) in [7, 11) is 1.86. The van der Waals surface area contributed by atoms with Crippen LogP contribution in [-0.2, 0) is 22.6 Å². The molecule has 6 nitrogen and oxygen atoms in total. The number of nitrogens with zero attached hydrogens (tertiary/aromatic N) is 3. The Morgan fingerprint density at radius 3 is 2.58 bits per heavy atom. The smallest absolute Gasteiger partial charge is 0.194 e. The van der Waals surface area contributed by atoms with Gasteiger partial charge in [0.2, 0.25) is 0 Å². The van der Waals surface area contributed by atoms with Crippen molar-refractivity contribution in [1.29, 1.82) is 0 Å². The minimum absolute atomic E-state index is 0. The van der Waals surface area contributed by atoms with Gasteiger partial charge in [-0.25, -0.2) is 0 Å². The first kappa shape index (κ1) is 25.9. The first-order valence-corrected chi connectivity index (χ1v) is 11.6. The van der Waals surface area contributed by atoms with Gasteiger partial charge in [0.05, 0.1) is 26.4 Å². The first-order chi connectivity index (χ1) is 15.6. The fourth-order valence-electron chi connectivity index (χ4n) is 4.59. The van der Waals surface area contributed by atoms with E-state index in [1.54, 1.807) is 0 Å². The number of ether oxygens (including phenoxy) is 2. The Kier molecular flexibility index (Phi) is 9.97. The molecule has 2 heterocycles. The Morgan fingerprint density at radius 2 is 1.82 bits per heavy atom. The third kappa shape index (κ3) is 7.15. The number of halogens is 1. The van der Waals surface area contributed by atoms with Gasteiger partial charge in [0, 0.05) is 39.8 Å². The molecule has 1 atom stereocenters. The van der Waals surface area contributed by atoms with Crippen molar-refractivity contribution in [3.63, 3.8) is 0 Å². The highest BCUT2D eigenvalue weighted by Gasteiger charge is 2.25. The Hall–Kier alpha value is -1.68. The van der Waals surface area contributed by atoms with E-state index in [9.17, 15) is 0 Å². The number of hydrogen-bond donors (Lipinski definition) is 1. The van der Waals surface area contributed by atoms with Gasteiger partial charge >= 0.3 is 0 Å². The number of benzene rings is 2. The molecule has 2 aliphatic rings. The van der Waals surface area contributed by atoms with Crippen molar-refractivity contribution in [2.75, 3.05) is 53.0 Å². The zero-order valence-electron chi connectivity index (χ0n) is 20.0. The molecule has 0 spiro atoms. The largest absolute Gasteiger partial charge is 0.379 e. The van der Waals surface area contributed by atoms with Crippen LogP contribution >= 0.6 is 24.0 Å². The molecular formula is C26H37IN4O2. The Morgan fingerprint density at radius 1 is 1.03 bits per heavy atom. The van der Waals surface area contributed by atoms with Crippen LogP contribution in [0.3, 0.4) is 0 Å². The molecule has 1 N–H and O–H groups in total. The van der Waals surface area contributed by atoms with Crippen LogP contribution in [0.25, 0.3) is 0 Å². The average molecular weight is 565 g/mol. The van der Waals surface area contributed by atoms with E-state index in [-0.39, 0.29) is 30.1 Å². The fourth-order valence-corrected chi connectivity index (χ4v) is 4.59. The van der Waals surface area contributed by atoms with Gasteiger partial charge in [0.1, 0.15) is 6.10 Å². The second-order valence-corrected chi connectivity index (χ2v) is 8.77. The number of guanidine groups is 1. The Bertz CT molecular complexity index is 930. The summed E-state index contributed by atoms with van der Waals surface area (Å²) in [6.07, 6.45) is 0.0692. The number of hydrogen-bond acceptors (Lipinski definition) is 4. The van der Waals surface area contributed by atoms with E-state index in [4.69, 9.17) is 9.47 Å². The van der Waals surface area contributed by atoms with Crippen LogP contribution in [0.15, 0.2) is 47.5 Å². The van der Waals surface area contributed by atoms with E-state index in [2.05, 4.69) is 76.4 Å². The molecule has 2 fully saturated rings. The van der Waals surface area contributed by atoms with Crippen molar-refractivity contribution >= 4 is 29.9 Å². The number of rotatable bonds is 5. The van der Waals surface area contributed by atoms with E-state index >= 15 is 0 Å². The normalized spacial score (nSPS) is 19.8. The summed E-state index contributed by atoms with van der Waals surface area (Å²) in [6.45, 7) is 12.1. The highest BCUT2D eigenvalue weighted by molar-refractivity contribution is 14.0. The van der Waals surface area contributed by atoms with Crippen molar-refractivity contribution in [3.05, 3.63) is 70.3 Å². The number of aliphatic imine (C=N–C) groups is 1. The van der Waals surface area contributed by atoms with E-state index in [1.165, 1.54) is 27.8 Å².